The number of thiophene rings is 1. The number of hydrogen-bond acceptors (Lipinski definition) is 2. The molecular weight excluding hydrogens is 288 g/mol. The summed E-state index contributed by atoms with van der Waals surface area (Å²) < 4.78 is 14.8. The van der Waals surface area contributed by atoms with Crippen molar-refractivity contribution in [3.63, 3.8) is 0 Å². The zero-order valence-corrected chi connectivity index (χ0v) is 8.95. The van der Waals surface area contributed by atoms with E-state index in [1.54, 1.807) is 0 Å². The van der Waals surface area contributed by atoms with Gasteiger partial charge in [-0.1, -0.05) is 0 Å². The number of nitrogen functional groups attached to an aromatic ring is 1. The normalized spacial score (nSPS) is 10.8. The maximum absolute atomic E-state index is 13.4. The van der Waals surface area contributed by atoms with Gasteiger partial charge in [-0.05, 0) is 45.5 Å². The Labute approximate surface area is 86.5 Å². The summed E-state index contributed by atoms with van der Waals surface area (Å²) in [6.07, 6.45) is 0. The van der Waals surface area contributed by atoms with E-state index in [4.69, 9.17) is 5.73 Å². The molecule has 0 spiro atoms. The van der Waals surface area contributed by atoms with Crippen molar-refractivity contribution in [2.75, 3.05) is 5.73 Å². The molecule has 4 heteroatoms. The predicted octanol–water partition coefficient (Wildman–Crippen LogP) is 3.23. The van der Waals surface area contributed by atoms with Crippen molar-refractivity contribution in [1.82, 2.24) is 0 Å². The molecular formula is C8H5FINS. The van der Waals surface area contributed by atoms with Crippen LogP contribution in [-0.4, -0.2) is 0 Å². The van der Waals surface area contributed by atoms with Gasteiger partial charge in [-0.15, -0.1) is 11.3 Å². The Balaban J connectivity index is 2.94. The van der Waals surface area contributed by atoms with Crippen LogP contribution in [0.4, 0.5) is 10.1 Å². The first-order valence-electron chi connectivity index (χ1n) is 3.31. The molecule has 0 atom stereocenters. The fourth-order valence-electron chi connectivity index (χ4n) is 1.05. The molecule has 0 bridgehead atoms. The zero-order chi connectivity index (χ0) is 8.72. The van der Waals surface area contributed by atoms with E-state index < -0.39 is 0 Å². The highest BCUT2D eigenvalue weighted by atomic mass is 127. The number of anilines is 1. The van der Waals surface area contributed by atoms with Crippen LogP contribution < -0.4 is 5.73 Å². The molecule has 1 aromatic carbocycles. The van der Waals surface area contributed by atoms with Crippen LogP contribution in [0.3, 0.4) is 0 Å². The van der Waals surface area contributed by atoms with Crippen molar-refractivity contribution in [1.29, 1.82) is 0 Å². The number of halogens is 2. The van der Waals surface area contributed by atoms with Gasteiger partial charge in [0, 0.05) is 3.57 Å². The zero-order valence-electron chi connectivity index (χ0n) is 5.97. The van der Waals surface area contributed by atoms with Crippen molar-refractivity contribution in [3.05, 3.63) is 26.9 Å². The Morgan fingerprint density at radius 3 is 3.00 bits per heavy atom. The van der Waals surface area contributed by atoms with Crippen molar-refractivity contribution >= 4 is 49.7 Å². The summed E-state index contributed by atoms with van der Waals surface area (Å²) in [5, 5.41) is 2.79. The van der Waals surface area contributed by atoms with Crippen LogP contribution in [0.2, 0.25) is 0 Å². The van der Waals surface area contributed by atoms with Crippen LogP contribution in [0, 0.1) is 9.39 Å². The van der Waals surface area contributed by atoms with E-state index in [0.29, 0.717) is 4.70 Å². The molecule has 0 saturated heterocycles. The van der Waals surface area contributed by atoms with E-state index in [0.717, 1.165) is 8.96 Å². The van der Waals surface area contributed by atoms with Crippen LogP contribution in [0.1, 0.15) is 0 Å². The van der Waals surface area contributed by atoms with Gasteiger partial charge in [0.25, 0.3) is 0 Å². The number of hydrogen-bond donors (Lipinski definition) is 1. The molecule has 1 heterocycles. The lowest BCUT2D eigenvalue weighted by Gasteiger charge is -2.00. The molecule has 62 valence electrons. The van der Waals surface area contributed by atoms with E-state index in [1.807, 2.05) is 40.1 Å². The molecule has 1 aromatic heterocycles. The standard InChI is InChI=1S/C8H5FINS/c9-6-7(11)5(10)3-4-1-2-12-8(4)6/h1-3H,11H2. The minimum atomic E-state index is -0.285. The average Bonchev–Trinajstić information content (AvgIpc) is 2.48. The Bertz CT molecular complexity index is 438. The predicted molar refractivity (Wildman–Crippen MR) is 58.9 cm³/mol. The maximum atomic E-state index is 13.4. The molecule has 0 radical (unpaired) electrons. The first kappa shape index (κ1) is 8.25. The number of rotatable bonds is 0. The van der Waals surface area contributed by atoms with Crippen LogP contribution in [0.5, 0.6) is 0 Å². The molecule has 0 unspecified atom stereocenters. The van der Waals surface area contributed by atoms with Gasteiger partial charge in [-0.2, -0.15) is 0 Å². The lowest BCUT2D eigenvalue weighted by molar-refractivity contribution is 0.645. The average molecular weight is 293 g/mol. The van der Waals surface area contributed by atoms with Gasteiger partial charge in [0.15, 0.2) is 5.82 Å². The molecule has 12 heavy (non-hydrogen) atoms. The number of benzene rings is 1. The molecule has 2 aromatic rings. The molecule has 0 aliphatic rings. The minimum absolute atomic E-state index is 0.255. The van der Waals surface area contributed by atoms with Gasteiger partial charge in [-0.3, -0.25) is 0 Å². The molecule has 2 rings (SSSR count). The van der Waals surface area contributed by atoms with Crippen molar-refractivity contribution in [3.8, 4) is 0 Å². The fourth-order valence-corrected chi connectivity index (χ4v) is 2.45. The summed E-state index contributed by atoms with van der Waals surface area (Å²) in [4.78, 5) is 0. The molecule has 1 nitrogen and oxygen atoms in total. The summed E-state index contributed by atoms with van der Waals surface area (Å²) in [6.45, 7) is 0. The van der Waals surface area contributed by atoms with Crippen LogP contribution in [-0.2, 0) is 0 Å². The maximum Gasteiger partial charge on any atom is 0.164 e. The summed E-state index contributed by atoms with van der Waals surface area (Å²) in [5.74, 6) is -0.285. The summed E-state index contributed by atoms with van der Waals surface area (Å²) >= 11 is 3.41. The highest BCUT2D eigenvalue weighted by Gasteiger charge is 2.09. The third-order valence-corrected chi connectivity index (χ3v) is 3.49. The molecule has 0 amide bonds. The molecule has 2 N–H and O–H groups in total. The fraction of sp³-hybridized carbons (Fsp3) is 0. The van der Waals surface area contributed by atoms with Crippen molar-refractivity contribution in [2.24, 2.45) is 0 Å². The second-order valence-corrected chi connectivity index (χ2v) is 4.50. The van der Waals surface area contributed by atoms with E-state index >= 15 is 0 Å². The van der Waals surface area contributed by atoms with Crippen LogP contribution >= 0.6 is 33.9 Å². The minimum Gasteiger partial charge on any atom is -0.395 e. The third-order valence-electron chi connectivity index (χ3n) is 1.67. The Hall–Kier alpha value is -0.360. The Morgan fingerprint density at radius 1 is 1.50 bits per heavy atom. The lowest BCUT2D eigenvalue weighted by Crippen LogP contribution is -1.93. The SMILES string of the molecule is Nc1c(I)cc2ccsc2c1F. The van der Waals surface area contributed by atoms with E-state index in [1.165, 1.54) is 11.3 Å². The third kappa shape index (κ3) is 1.09. The van der Waals surface area contributed by atoms with E-state index in [2.05, 4.69) is 0 Å². The van der Waals surface area contributed by atoms with Crippen LogP contribution in [0.15, 0.2) is 17.5 Å². The first-order chi connectivity index (χ1) is 5.70. The summed E-state index contributed by atoms with van der Waals surface area (Å²) in [6, 6.07) is 3.79. The highest BCUT2D eigenvalue weighted by Crippen LogP contribution is 2.31. The van der Waals surface area contributed by atoms with E-state index in [9.17, 15) is 4.39 Å². The largest absolute Gasteiger partial charge is 0.395 e. The Morgan fingerprint density at radius 2 is 2.25 bits per heavy atom. The molecule has 0 fully saturated rings. The number of fused-ring (bicyclic) bond motifs is 1. The molecule has 0 aliphatic heterocycles. The van der Waals surface area contributed by atoms with Gasteiger partial charge in [0.05, 0.1) is 10.4 Å². The van der Waals surface area contributed by atoms with Crippen LogP contribution in [0.25, 0.3) is 10.1 Å². The van der Waals surface area contributed by atoms with Crippen molar-refractivity contribution in [2.45, 2.75) is 0 Å². The van der Waals surface area contributed by atoms with Gasteiger partial charge < -0.3 is 5.73 Å². The van der Waals surface area contributed by atoms with E-state index in [-0.39, 0.29) is 11.5 Å². The topological polar surface area (TPSA) is 26.0 Å². The van der Waals surface area contributed by atoms with Gasteiger partial charge in [-0.25, -0.2) is 4.39 Å². The first-order valence-corrected chi connectivity index (χ1v) is 5.26. The molecule has 0 saturated carbocycles. The monoisotopic (exact) mass is 293 g/mol. The lowest BCUT2D eigenvalue weighted by atomic mass is 10.2. The quantitative estimate of drug-likeness (QED) is 0.586. The molecule has 0 aliphatic carbocycles. The Kier molecular flexibility index (Phi) is 1.96. The second-order valence-electron chi connectivity index (χ2n) is 2.42. The number of nitrogens with two attached hydrogens (primary N) is 1. The summed E-state index contributed by atoms with van der Waals surface area (Å²) in [7, 11) is 0. The van der Waals surface area contributed by atoms with Gasteiger partial charge in [0.2, 0.25) is 0 Å². The van der Waals surface area contributed by atoms with Gasteiger partial charge in [0.1, 0.15) is 0 Å². The smallest absolute Gasteiger partial charge is 0.164 e. The summed E-state index contributed by atoms with van der Waals surface area (Å²) in [5.41, 5.74) is 5.79. The van der Waals surface area contributed by atoms with Crippen molar-refractivity contribution < 1.29 is 4.39 Å². The highest BCUT2D eigenvalue weighted by molar-refractivity contribution is 14.1. The second kappa shape index (κ2) is 2.85. The van der Waals surface area contributed by atoms with Gasteiger partial charge >= 0.3 is 0 Å².